The fourth-order valence-electron chi connectivity index (χ4n) is 2.47. The number of halogens is 1. The number of anilines is 1. The SMILES string of the molecule is CS(=O)(=O)OCCN(CCBr)c1c(C(=O)[As]CCOP(=O)(O)O)cc([N+](=O)[O-])cc1[N+](=O)[O-]. The number of benzene rings is 1. The molecule has 33 heavy (non-hydrogen) atoms. The number of hydrogen-bond acceptors (Lipinski definition) is 11. The molecular formula is C14H19AsBrN3O12PS. The summed E-state index contributed by atoms with van der Waals surface area (Å²) in [4.78, 5) is 52.7. The van der Waals surface area contributed by atoms with Gasteiger partial charge < -0.3 is 0 Å². The second-order valence-corrected chi connectivity index (χ2v) is 12.2. The Labute approximate surface area is 202 Å². The van der Waals surface area contributed by atoms with E-state index >= 15 is 0 Å². The predicted molar refractivity (Wildman–Crippen MR) is 119 cm³/mol. The van der Waals surface area contributed by atoms with E-state index in [2.05, 4.69) is 24.6 Å². The van der Waals surface area contributed by atoms with Crippen molar-refractivity contribution in [3.05, 3.63) is 37.9 Å². The molecule has 2 N–H and O–H groups in total. The van der Waals surface area contributed by atoms with Gasteiger partial charge in [0.2, 0.25) is 0 Å². The zero-order valence-electron chi connectivity index (χ0n) is 16.9. The first-order valence-electron chi connectivity index (χ1n) is 8.70. The van der Waals surface area contributed by atoms with E-state index in [9.17, 15) is 38.0 Å². The van der Waals surface area contributed by atoms with Gasteiger partial charge in [0.05, 0.1) is 0 Å². The number of alkyl halides is 1. The van der Waals surface area contributed by atoms with Crippen LogP contribution in [-0.2, 0) is 23.4 Å². The minimum absolute atomic E-state index is 0.0594. The van der Waals surface area contributed by atoms with Gasteiger partial charge in [-0.05, 0) is 0 Å². The third-order valence-corrected chi connectivity index (χ3v) is 7.08. The molecule has 1 aromatic carbocycles. The molecule has 0 aromatic heterocycles. The van der Waals surface area contributed by atoms with Crippen molar-refractivity contribution >= 4 is 71.3 Å². The van der Waals surface area contributed by atoms with Crippen LogP contribution in [0, 0.1) is 20.2 Å². The van der Waals surface area contributed by atoms with E-state index in [4.69, 9.17) is 9.79 Å². The van der Waals surface area contributed by atoms with Crippen LogP contribution < -0.4 is 4.90 Å². The van der Waals surface area contributed by atoms with Gasteiger partial charge in [0.15, 0.2) is 0 Å². The molecule has 1 rings (SSSR count). The van der Waals surface area contributed by atoms with Gasteiger partial charge in [-0.25, -0.2) is 0 Å². The normalized spacial score (nSPS) is 12.2. The summed E-state index contributed by atoms with van der Waals surface area (Å²) < 4.78 is 41.5. The van der Waals surface area contributed by atoms with Crippen LogP contribution in [0.2, 0.25) is 5.21 Å². The molecule has 0 spiro atoms. The van der Waals surface area contributed by atoms with E-state index in [0.717, 1.165) is 12.3 Å². The average Bonchev–Trinajstić information content (AvgIpc) is 2.67. The first-order valence-corrected chi connectivity index (χ1v) is 15.4. The molecule has 185 valence electrons. The van der Waals surface area contributed by atoms with Crippen molar-refractivity contribution in [2.24, 2.45) is 0 Å². The van der Waals surface area contributed by atoms with E-state index in [1.165, 1.54) is 4.90 Å². The molecule has 0 aliphatic rings. The summed E-state index contributed by atoms with van der Waals surface area (Å²) in [5.41, 5.74) is -2.03. The second kappa shape index (κ2) is 12.9. The quantitative estimate of drug-likeness (QED) is 0.0523. The summed E-state index contributed by atoms with van der Waals surface area (Å²) in [6.45, 7) is -1.01. The van der Waals surface area contributed by atoms with Gasteiger partial charge >= 0.3 is 203 Å². The molecule has 0 saturated carbocycles. The topological polar surface area (TPSA) is 217 Å². The maximum atomic E-state index is 12.9. The standard InChI is InChI=1S/C14H19AsBrN3O12PS/c1-33(28,29)31-7-5-17(4-3-16)13-11(14(20)15-2-6-30-32(25,26)27)8-10(18(21)22)9-12(13)19(23)24/h8-9H,2-7H2,1H3,(H2,25,26,27). The summed E-state index contributed by atoms with van der Waals surface area (Å²) in [5, 5.41) is 23.1. The fraction of sp³-hybridized carbons (Fsp3) is 0.500. The fourth-order valence-corrected chi connectivity index (χ4v) is 5.44. The van der Waals surface area contributed by atoms with E-state index in [1.807, 2.05) is 0 Å². The van der Waals surface area contributed by atoms with E-state index in [-0.39, 0.29) is 34.9 Å². The van der Waals surface area contributed by atoms with Crippen molar-refractivity contribution < 1.29 is 46.1 Å². The third kappa shape index (κ3) is 10.6. The molecule has 15 nitrogen and oxygen atoms in total. The Morgan fingerprint density at radius 3 is 2.33 bits per heavy atom. The van der Waals surface area contributed by atoms with Crippen molar-refractivity contribution in [3.63, 3.8) is 0 Å². The molecule has 0 aliphatic carbocycles. The van der Waals surface area contributed by atoms with Gasteiger partial charge in [-0.3, -0.25) is 0 Å². The van der Waals surface area contributed by atoms with Gasteiger partial charge in [0, 0.05) is 0 Å². The van der Waals surface area contributed by atoms with Crippen molar-refractivity contribution in [1.82, 2.24) is 0 Å². The van der Waals surface area contributed by atoms with Gasteiger partial charge in [0.25, 0.3) is 0 Å². The number of phosphoric ester groups is 1. The number of nitro benzene ring substituents is 2. The molecule has 0 atom stereocenters. The van der Waals surface area contributed by atoms with E-state index < -0.39 is 72.7 Å². The molecule has 0 unspecified atom stereocenters. The van der Waals surface area contributed by atoms with E-state index in [0.29, 0.717) is 6.07 Å². The Balaban J connectivity index is 3.43. The Kier molecular flexibility index (Phi) is 11.5. The maximum absolute atomic E-state index is 12.9. The zero-order chi connectivity index (χ0) is 25.4. The monoisotopic (exact) mass is 638 g/mol. The van der Waals surface area contributed by atoms with Gasteiger partial charge in [-0.2, -0.15) is 0 Å². The van der Waals surface area contributed by atoms with Crippen LogP contribution >= 0.6 is 23.8 Å². The van der Waals surface area contributed by atoms with Gasteiger partial charge in [-0.1, -0.05) is 0 Å². The number of carbonyl (C=O) groups is 1. The minimum atomic E-state index is -4.75. The number of non-ortho nitro benzene ring substituents is 1. The summed E-state index contributed by atoms with van der Waals surface area (Å²) in [7, 11) is -8.57. The third-order valence-electron chi connectivity index (χ3n) is 3.65. The number of hydrogen-bond donors (Lipinski definition) is 2. The van der Waals surface area contributed by atoms with E-state index in [1.54, 1.807) is 0 Å². The zero-order valence-corrected chi connectivity index (χ0v) is 22.1. The molecule has 0 fully saturated rings. The molecule has 0 saturated heterocycles. The molecule has 19 heteroatoms. The molecule has 0 heterocycles. The summed E-state index contributed by atoms with van der Waals surface area (Å²) in [6.07, 6.45) is 0.814. The van der Waals surface area contributed by atoms with Crippen LogP contribution in [0.1, 0.15) is 10.4 Å². The summed E-state index contributed by atoms with van der Waals surface area (Å²) >= 11 is 1.79. The molecule has 0 aliphatic heterocycles. The van der Waals surface area contributed by atoms with Crippen LogP contribution in [0.3, 0.4) is 0 Å². The summed E-state index contributed by atoms with van der Waals surface area (Å²) in [5.74, 6) is 0. The van der Waals surface area contributed by atoms with Crippen molar-refractivity contribution in [2.45, 2.75) is 5.21 Å². The number of nitro groups is 2. The molecule has 1 aromatic rings. The molecule has 0 amide bonds. The second-order valence-electron chi connectivity index (χ2n) is 6.09. The van der Waals surface area contributed by atoms with Crippen LogP contribution in [0.5, 0.6) is 0 Å². The number of phosphoric acid groups is 1. The van der Waals surface area contributed by atoms with Crippen molar-refractivity contribution in [2.75, 3.05) is 42.8 Å². The van der Waals surface area contributed by atoms with Gasteiger partial charge in [-0.15, -0.1) is 0 Å². The predicted octanol–water partition coefficient (Wildman–Crippen LogP) is 1.05. The first kappa shape index (κ1) is 29.6. The molecule has 1 radical (unpaired) electrons. The van der Waals surface area contributed by atoms with Crippen molar-refractivity contribution in [3.8, 4) is 0 Å². The Morgan fingerprint density at radius 1 is 1.21 bits per heavy atom. The first-order chi connectivity index (χ1) is 15.2. The van der Waals surface area contributed by atoms with Crippen molar-refractivity contribution in [1.29, 1.82) is 0 Å². The van der Waals surface area contributed by atoms with Crippen LogP contribution in [-0.4, -0.2) is 86.3 Å². The Morgan fingerprint density at radius 2 is 1.85 bits per heavy atom. The molecular weight excluding hydrogens is 620 g/mol. The summed E-state index contributed by atoms with van der Waals surface area (Å²) in [6, 6.07) is 1.57. The average molecular weight is 639 g/mol. The van der Waals surface area contributed by atoms with Gasteiger partial charge in [0.1, 0.15) is 0 Å². The number of rotatable bonds is 15. The Hall–Kier alpha value is -1.45. The number of carbonyl (C=O) groups excluding carboxylic acids is 1. The molecule has 0 bridgehead atoms. The van der Waals surface area contributed by atoms with Crippen LogP contribution in [0.15, 0.2) is 12.1 Å². The number of nitrogens with zero attached hydrogens (tertiary/aromatic N) is 3. The Bertz CT molecular complexity index is 1050. The van der Waals surface area contributed by atoms with Crippen LogP contribution in [0.4, 0.5) is 17.1 Å². The van der Waals surface area contributed by atoms with Crippen LogP contribution in [0.25, 0.3) is 0 Å².